The summed E-state index contributed by atoms with van der Waals surface area (Å²) in [5.41, 5.74) is 1.25. The molecule has 102 valence electrons. The topological polar surface area (TPSA) is 29.9 Å². The quantitative estimate of drug-likeness (QED) is 0.873. The van der Waals surface area contributed by atoms with Gasteiger partial charge in [0.25, 0.3) is 0 Å². The van der Waals surface area contributed by atoms with Crippen molar-refractivity contribution in [2.45, 2.75) is 33.2 Å². The van der Waals surface area contributed by atoms with Gasteiger partial charge in [-0.25, -0.2) is 9.37 Å². The maximum atomic E-state index is 13.8. The molecule has 0 spiro atoms. The second kappa shape index (κ2) is 6.06. The Labute approximate surface area is 117 Å². The minimum Gasteiger partial charge on any atom is -0.323 e. The van der Waals surface area contributed by atoms with E-state index in [9.17, 15) is 4.39 Å². The van der Waals surface area contributed by atoms with Crippen LogP contribution in [0.3, 0.4) is 0 Å². The van der Waals surface area contributed by atoms with Crippen molar-refractivity contribution < 1.29 is 4.39 Å². The number of rotatable bonds is 5. The van der Waals surface area contributed by atoms with E-state index in [-0.39, 0.29) is 5.02 Å². The van der Waals surface area contributed by atoms with Crippen LogP contribution in [0.5, 0.6) is 0 Å². The van der Waals surface area contributed by atoms with Crippen LogP contribution in [0.1, 0.15) is 25.5 Å². The van der Waals surface area contributed by atoms with Crippen LogP contribution >= 0.6 is 11.6 Å². The Morgan fingerprint density at radius 1 is 1.42 bits per heavy atom. The van der Waals surface area contributed by atoms with Gasteiger partial charge in [0, 0.05) is 12.7 Å². The van der Waals surface area contributed by atoms with Crippen LogP contribution < -0.4 is 5.32 Å². The molecule has 5 heteroatoms. The predicted octanol–water partition coefficient (Wildman–Crippen LogP) is 4.53. The maximum absolute atomic E-state index is 13.8. The van der Waals surface area contributed by atoms with Crippen molar-refractivity contribution in [1.29, 1.82) is 0 Å². The van der Waals surface area contributed by atoms with Crippen LogP contribution in [0.2, 0.25) is 5.02 Å². The fourth-order valence-corrected chi connectivity index (χ4v) is 2.04. The van der Waals surface area contributed by atoms with Crippen LogP contribution in [0, 0.1) is 12.7 Å². The third kappa shape index (κ3) is 3.26. The summed E-state index contributed by atoms with van der Waals surface area (Å²) in [7, 11) is 0. The molecule has 0 saturated heterocycles. The van der Waals surface area contributed by atoms with Crippen molar-refractivity contribution in [2.75, 3.05) is 5.32 Å². The number of halogens is 2. The Morgan fingerprint density at radius 3 is 2.95 bits per heavy atom. The molecule has 0 radical (unpaired) electrons. The van der Waals surface area contributed by atoms with Gasteiger partial charge >= 0.3 is 0 Å². The van der Waals surface area contributed by atoms with E-state index in [1.807, 2.05) is 17.7 Å². The highest BCUT2D eigenvalue weighted by Crippen LogP contribution is 2.25. The summed E-state index contributed by atoms with van der Waals surface area (Å²) in [5, 5.41) is 3.11. The third-order valence-electron chi connectivity index (χ3n) is 2.85. The standard InChI is InChI=1S/C14H17ClFN3/c1-3-4-8-19-9-10(2)17-14(19)18-12-7-5-6-11(15)13(12)16/h5-7,9H,3-4,8H2,1-2H3,(H,17,18). The molecule has 19 heavy (non-hydrogen) atoms. The van der Waals surface area contributed by atoms with E-state index in [1.54, 1.807) is 12.1 Å². The Morgan fingerprint density at radius 2 is 2.21 bits per heavy atom. The van der Waals surface area contributed by atoms with Crippen molar-refractivity contribution in [3.8, 4) is 0 Å². The Hall–Kier alpha value is -1.55. The summed E-state index contributed by atoms with van der Waals surface area (Å²) in [5.74, 6) is 0.193. The molecule has 3 nitrogen and oxygen atoms in total. The van der Waals surface area contributed by atoms with E-state index in [0.717, 1.165) is 25.1 Å². The molecule has 1 aromatic carbocycles. The number of imidazole rings is 1. The van der Waals surface area contributed by atoms with Crippen LogP contribution in [-0.4, -0.2) is 9.55 Å². The second-order valence-corrected chi connectivity index (χ2v) is 4.89. The lowest BCUT2D eigenvalue weighted by atomic mass is 10.3. The SMILES string of the molecule is CCCCn1cc(C)nc1Nc1cccc(Cl)c1F. The van der Waals surface area contributed by atoms with E-state index in [1.165, 1.54) is 6.07 Å². The average molecular weight is 282 g/mol. The molecule has 2 aromatic rings. The Bertz CT molecular complexity index is 566. The number of aromatic nitrogens is 2. The molecule has 1 N–H and O–H groups in total. The predicted molar refractivity (Wildman–Crippen MR) is 76.6 cm³/mol. The summed E-state index contributed by atoms with van der Waals surface area (Å²) < 4.78 is 15.8. The number of aryl methyl sites for hydroxylation is 2. The normalized spacial score (nSPS) is 10.7. The average Bonchev–Trinajstić information content (AvgIpc) is 2.73. The molecular formula is C14H17ClFN3. The number of hydrogen-bond acceptors (Lipinski definition) is 2. The highest BCUT2D eigenvalue weighted by atomic mass is 35.5. The van der Waals surface area contributed by atoms with Crippen molar-refractivity contribution in [1.82, 2.24) is 9.55 Å². The molecule has 0 saturated carbocycles. The van der Waals surface area contributed by atoms with Gasteiger partial charge in [-0.15, -0.1) is 0 Å². The molecule has 0 aliphatic rings. The van der Waals surface area contributed by atoms with Crippen LogP contribution in [-0.2, 0) is 6.54 Å². The van der Waals surface area contributed by atoms with Gasteiger partial charge in [0.2, 0.25) is 5.95 Å². The first kappa shape index (κ1) is 13.9. The molecule has 1 aromatic heterocycles. The van der Waals surface area contributed by atoms with E-state index >= 15 is 0 Å². The molecule has 0 atom stereocenters. The highest BCUT2D eigenvalue weighted by molar-refractivity contribution is 6.31. The number of nitrogens with one attached hydrogen (secondary N) is 1. The molecule has 0 bridgehead atoms. The first-order chi connectivity index (χ1) is 9.11. The van der Waals surface area contributed by atoms with Gasteiger partial charge in [-0.3, -0.25) is 0 Å². The monoisotopic (exact) mass is 281 g/mol. The van der Waals surface area contributed by atoms with Gasteiger partial charge in [-0.2, -0.15) is 0 Å². The van der Waals surface area contributed by atoms with E-state index in [4.69, 9.17) is 11.6 Å². The van der Waals surface area contributed by atoms with Gasteiger partial charge in [-0.05, 0) is 25.5 Å². The highest BCUT2D eigenvalue weighted by Gasteiger charge is 2.10. The zero-order valence-electron chi connectivity index (χ0n) is 11.1. The van der Waals surface area contributed by atoms with Crippen LogP contribution in [0.15, 0.2) is 24.4 Å². The van der Waals surface area contributed by atoms with E-state index in [2.05, 4.69) is 17.2 Å². The molecule has 0 unspecified atom stereocenters. The summed E-state index contributed by atoms with van der Waals surface area (Å²) in [4.78, 5) is 4.37. The molecule has 0 aliphatic heterocycles. The molecule has 2 rings (SSSR count). The van der Waals surface area contributed by atoms with Gasteiger partial charge in [0.05, 0.1) is 16.4 Å². The first-order valence-electron chi connectivity index (χ1n) is 6.36. The lowest BCUT2D eigenvalue weighted by Crippen LogP contribution is -2.04. The number of anilines is 2. The summed E-state index contributed by atoms with van der Waals surface area (Å²) in [6.07, 6.45) is 4.12. The van der Waals surface area contributed by atoms with Gasteiger partial charge < -0.3 is 9.88 Å². The van der Waals surface area contributed by atoms with Crippen molar-refractivity contribution in [3.05, 3.63) is 40.9 Å². The second-order valence-electron chi connectivity index (χ2n) is 4.48. The largest absolute Gasteiger partial charge is 0.323 e. The third-order valence-corrected chi connectivity index (χ3v) is 3.14. The zero-order chi connectivity index (χ0) is 13.8. The summed E-state index contributed by atoms with van der Waals surface area (Å²) in [6, 6.07) is 4.88. The minimum atomic E-state index is -0.452. The van der Waals surface area contributed by atoms with Crippen LogP contribution in [0.25, 0.3) is 0 Å². The Balaban J connectivity index is 2.25. The van der Waals surface area contributed by atoms with Gasteiger partial charge in [0.15, 0.2) is 5.82 Å². The Kier molecular flexibility index (Phi) is 4.43. The number of benzene rings is 1. The number of nitrogens with zero attached hydrogens (tertiary/aromatic N) is 2. The zero-order valence-corrected chi connectivity index (χ0v) is 11.8. The maximum Gasteiger partial charge on any atom is 0.207 e. The lowest BCUT2D eigenvalue weighted by Gasteiger charge is -2.10. The van der Waals surface area contributed by atoms with Gasteiger partial charge in [-0.1, -0.05) is 31.0 Å². The summed E-state index contributed by atoms with van der Waals surface area (Å²) in [6.45, 7) is 4.91. The summed E-state index contributed by atoms with van der Waals surface area (Å²) >= 11 is 5.77. The number of hydrogen-bond donors (Lipinski definition) is 1. The van der Waals surface area contributed by atoms with Gasteiger partial charge in [0.1, 0.15) is 0 Å². The molecule has 1 heterocycles. The van der Waals surface area contributed by atoms with Crippen molar-refractivity contribution in [2.24, 2.45) is 0 Å². The number of unbranched alkanes of at least 4 members (excludes halogenated alkanes) is 1. The molecular weight excluding hydrogens is 265 g/mol. The molecule has 0 fully saturated rings. The van der Waals surface area contributed by atoms with Crippen molar-refractivity contribution >= 4 is 23.2 Å². The lowest BCUT2D eigenvalue weighted by molar-refractivity contribution is 0.626. The minimum absolute atomic E-state index is 0.105. The molecule has 0 amide bonds. The van der Waals surface area contributed by atoms with E-state index in [0.29, 0.717) is 11.6 Å². The van der Waals surface area contributed by atoms with Crippen LogP contribution in [0.4, 0.5) is 16.0 Å². The smallest absolute Gasteiger partial charge is 0.207 e. The fraction of sp³-hybridized carbons (Fsp3) is 0.357. The van der Waals surface area contributed by atoms with Crippen molar-refractivity contribution in [3.63, 3.8) is 0 Å². The fourth-order valence-electron chi connectivity index (χ4n) is 1.87. The van der Waals surface area contributed by atoms with E-state index < -0.39 is 5.82 Å². The molecule has 0 aliphatic carbocycles. The first-order valence-corrected chi connectivity index (χ1v) is 6.74.